The van der Waals surface area contributed by atoms with E-state index in [-0.39, 0.29) is 11.1 Å². The van der Waals surface area contributed by atoms with Crippen LogP contribution in [0.25, 0.3) is 0 Å². The second-order valence-corrected chi connectivity index (χ2v) is 3.32. The van der Waals surface area contributed by atoms with Crippen molar-refractivity contribution in [1.82, 2.24) is 0 Å². The molecule has 1 atom stereocenters. The molecule has 1 rings (SSSR count). The highest BCUT2D eigenvalue weighted by Crippen LogP contribution is 2.33. The summed E-state index contributed by atoms with van der Waals surface area (Å²) in [5.41, 5.74) is 4.59. The first-order valence-electron chi connectivity index (χ1n) is 4.30. The number of alkyl halides is 3. The number of benzene rings is 1. The van der Waals surface area contributed by atoms with Crippen LogP contribution in [-0.4, -0.2) is 11.1 Å². The fourth-order valence-electron chi connectivity index (χ4n) is 1.25. The van der Waals surface area contributed by atoms with E-state index < -0.39 is 22.8 Å². The predicted molar refractivity (Wildman–Crippen MR) is 50.8 cm³/mol. The van der Waals surface area contributed by atoms with Gasteiger partial charge in [-0.2, -0.15) is 13.2 Å². The minimum atomic E-state index is -4.61. The maximum absolute atomic E-state index is 12.4. The topological polar surface area (TPSA) is 69.2 Å². The zero-order valence-electron chi connectivity index (χ0n) is 8.28. The van der Waals surface area contributed by atoms with E-state index in [1.807, 2.05) is 0 Å². The Labute approximate surface area is 89.0 Å². The number of nitrogens with zero attached hydrogens (tertiary/aromatic N) is 1. The van der Waals surface area contributed by atoms with Crippen LogP contribution in [0.3, 0.4) is 0 Å². The Kier molecular flexibility index (Phi) is 3.18. The third kappa shape index (κ3) is 2.48. The fourth-order valence-corrected chi connectivity index (χ4v) is 1.25. The lowest BCUT2D eigenvalue weighted by Gasteiger charge is -2.17. The summed E-state index contributed by atoms with van der Waals surface area (Å²) in [5.74, 6) is 0. The van der Waals surface area contributed by atoms with Crippen molar-refractivity contribution in [2.75, 3.05) is 0 Å². The van der Waals surface area contributed by atoms with Gasteiger partial charge in [-0.05, 0) is 18.1 Å². The molecule has 0 spiro atoms. The van der Waals surface area contributed by atoms with Gasteiger partial charge in [0, 0.05) is 12.1 Å². The molecule has 0 saturated heterocycles. The van der Waals surface area contributed by atoms with E-state index in [0.717, 1.165) is 12.1 Å². The first-order valence-corrected chi connectivity index (χ1v) is 4.30. The Morgan fingerprint density at radius 3 is 2.44 bits per heavy atom. The van der Waals surface area contributed by atoms with E-state index in [2.05, 4.69) is 0 Å². The SMILES string of the molecule is Cc1ccc([N+](=O)[O-])cc1[C@H](N)C(F)(F)F. The standard InChI is InChI=1S/C9H9F3N2O2/c1-5-2-3-6(14(15)16)4-7(5)8(13)9(10,11)12/h2-4,8H,13H2,1H3/t8-/m0/s1. The molecule has 88 valence electrons. The smallest absolute Gasteiger partial charge is 0.316 e. The van der Waals surface area contributed by atoms with Gasteiger partial charge >= 0.3 is 6.18 Å². The van der Waals surface area contributed by atoms with Crippen molar-refractivity contribution in [3.05, 3.63) is 39.4 Å². The molecule has 7 heteroatoms. The molecule has 1 aromatic carbocycles. The number of non-ortho nitro benzene ring substituents is 1. The van der Waals surface area contributed by atoms with Gasteiger partial charge in [-0.3, -0.25) is 10.1 Å². The van der Waals surface area contributed by atoms with Crippen molar-refractivity contribution in [2.24, 2.45) is 5.73 Å². The fraction of sp³-hybridized carbons (Fsp3) is 0.333. The van der Waals surface area contributed by atoms with Crippen LogP contribution in [0.4, 0.5) is 18.9 Å². The molecule has 0 aliphatic carbocycles. The van der Waals surface area contributed by atoms with Gasteiger partial charge in [-0.15, -0.1) is 0 Å². The summed E-state index contributed by atoms with van der Waals surface area (Å²) in [6.45, 7) is 1.42. The molecule has 1 aromatic rings. The highest BCUT2D eigenvalue weighted by Gasteiger charge is 2.39. The summed E-state index contributed by atoms with van der Waals surface area (Å²) in [6.07, 6.45) is -4.61. The molecular weight excluding hydrogens is 225 g/mol. The van der Waals surface area contributed by atoms with Crippen LogP contribution >= 0.6 is 0 Å². The Balaban J connectivity index is 3.22. The molecule has 0 saturated carbocycles. The number of nitro benzene ring substituents is 1. The Morgan fingerprint density at radius 1 is 1.44 bits per heavy atom. The lowest BCUT2D eigenvalue weighted by Crippen LogP contribution is -2.29. The van der Waals surface area contributed by atoms with E-state index in [1.54, 1.807) is 0 Å². The highest BCUT2D eigenvalue weighted by molar-refractivity contribution is 5.41. The second-order valence-electron chi connectivity index (χ2n) is 3.32. The monoisotopic (exact) mass is 234 g/mol. The molecular formula is C9H9F3N2O2. The minimum absolute atomic E-state index is 0.274. The summed E-state index contributed by atoms with van der Waals surface area (Å²) < 4.78 is 37.1. The van der Waals surface area contributed by atoms with Crippen LogP contribution in [0.1, 0.15) is 17.2 Å². The van der Waals surface area contributed by atoms with E-state index in [4.69, 9.17) is 5.73 Å². The molecule has 0 amide bonds. The van der Waals surface area contributed by atoms with E-state index in [1.165, 1.54) is 13.0 Å². The maximum Gasteiger partial charge on any atom is 0.407 e. The van der Waals surface area contributed by atoms with Crippen LogP contribution in [0.2, 0.25) is 0 Å². The van der Waals surface area contributed by atoms with Gasteiger partial charge in [0.1, 0.15) is 6.04 Å². The zero-order valence-corrected chi connectivity index (χ0v) is 8.28. The Bertz CT molecular complexity index is 418. The summed E-state index contributed by atoms with van der Waals surface area (Å²) in [5, 5.41) is 10.4. The van der Waals surface area contributed by atoms with Crippen molar-refractivity contribution >= 4 is 5.69 Å². The molecule has 2 N–H and O–H groups in total. The number of nitrogens with two attached hydrogens (primary N) is 1. The van der Waals surface area contributed by atoms with Crippen LogP contribution in [0.5, 0.6) is 0 Å². The molecule has 0 aromatic heterocycles. The Morgan fingerprint density at radius 2 is 2.00 bits per heavy atom. The second kappa shape index (κ2) is 4.09. The molecule has 16 heavy (non-hydrogen) atoms. The van der Waals surface area contributed by atoms with Gasteiger partial charge in [0.15, 0.2) is 0 Å². The van der Waals surface area contributed by atoms with Gasteiger partial charge in [-0.25, -0.2) is 0 Å². The zero-order chi connectivity index (χ0) is 12.5. The van der Waals surface area contributed by atoms with Crippen molar-refractivity contribution in [3.63, 3.8) is 0 Å². The largest absolute Gasteiger partial charge is 0.407 e. The molecule has 4 nitrogen and oxygen atoms in total. The molecule has 0 heterocycles. The lowest BCUT2D eigenvalue weighted by molar-refractivity contribution is -0.385. The van der Waals surface area contributed by atoms with E-state index >= 15 is 0 Å². The number of hydrogen-bond donors (Lipinski definition) is 1. The van der Waals surface area contributed by atoms with Crippen LogP contribution in [-0.2, 0) is 0 Å². The van der Waals surface area contributed by atoms with Crippen LogP contribution in [0.15, 0.2) is 18.2 Å². The van der Waals surface area contributed by atoms with E-state index in [0.29, 0.717) is 0 Å². The van der Waals surface area contributed by atoms with Crippen LogP contribution in [0, 0.1) is 17.0 Å². The summed E-state index contributed by atoms with van der Waals surface area (Å²) in [4.78, 5) is 9.66. The summed E-state index contributed by atoms with van der Waals surface area (Å²) in [6, 6.07) is 1.04. The molecule has 0 unspecified atom stereocenters. The molecule has 0 aliphatic rings. The van der Waals surface area contributed by atoms with Gasteiger partial charge < -0.3 is 5.73 Å². The normalized spacial score (nSPS) is 13.6. The van der Waals surface area contributed by atoms with Crippen LogP contribution < -0.4 is 5.73 Å². The maximum atomic E-state index is 12.4. The van der Waals surface area contributed by atoms with Gasteiger partial charge in [0.2, 0.25) is 0 Å². The number of nitro groups is 1. The summed E-state index contributed by atoms with van der Waals surface area (Å²) in [7, 11) is 0. The quantitative estimate of drug-likeness (QED) is 0.631. The Hall–Kier alpha value is -1.63. The average Bonchev–Trinajstić information content (AvgIpc) is 2.15. The van der Waals surface area contributed by atoms with Crippen molar-refractivity contribution < 1.29 is 18.1 Å². The molecule has 0 aliphatic heterocycles. The average molecular weight is 234 g/mol. The third-order valence-electron chi connectivity index (χ3n) is 2.16. The van der Waals surface area contributed by atoms with Crippen molar-refractivity contribution in [3.8, 4) is 0 Å². The van der Waals surface area contributed by atoms with Gasteiger partial charge in [0.25, 0.3) is 5.69 Å². The molecule has 0 fully saturated rings. The minimum Gasteiger partial charge on any atom is -0.316 e. The first kappa shape index (κ1) is 12.4. The van der Waals surface area contributed by atoms with E-state index in [9.17, 15) is 23.3 Å². The lowest BCUT2D eigenvalue weighted by atomic mass is 10.0. The number of halogens is 3. The van der Waals surface area contributed by atoms with Gasteiger partial charge in [-0.1, -0.05) is 6.07 Å². The number of aryl methyl sites for hydroxylation is 1. The summed E-state index contributed by atoms with van der Waals surface area (Å²) >= 11 is 0. The number of rotatable bonds is 2. The molecule has 0 bridgehead atoms. The molecule has 0 radical (unpaired) electrons. The predicted octanol–water partition coefficient (Wildman–Crippen LogP) is 2.47. The number of hydrogen-bond acceptors (Lipinski definition) is 3. The van der Waals surface area contributed by atoms with Gasteiger partial charge in [0.05, 0.1) is 4.92 Å². The van der Waals surface area contributed by atoms with Crippen molar-refractivity contribution in [2.45, 2.75) is 19.1 Å². The van der Waals surface area contributed by atoms with Crippen molar-refractivity contribution in [1.29, 1.82) is 0 Å². The first-order chi connectivity index (χ1) is 7.23. The highest BCUT2D eigenvalue weighted by atomic mass is 19.4. The third-order valence-corrected chi connectivity index (χ3v) is 2.16.